The zero-order valence-electron chi connectivity index (χ0n) is 21.9. The van der Waals surface area contributed by atoms with E-state index < -0.39 is 6.17 Å². The Morgan fingerprint density at radius 2 is 1.59 bits per heavy atom. The molecule has 1 unspecified atom stereocenters. The third-order valence-electron chi connectivity index (χ3n) is 6.48. The Kier molecular flexibility index (Phi) is 7.77. The number of hydrogen-bond acceptors (Lipinski definition) is 6. The summed E-state index contributed by atoms with van der Waals surface area (Å²) in [5, 5.41) is 7.81. The van der Waals surface area contributed by atoms with Crippen LogP contribution in [0.3, 0.4) is 0 Å². The minimum Gasteiger partial charge on any atom is -0.488 e. The number of benzene rings is 4. The van der Waals surface area contributed by atoms with Gasteiger partial charge in [-0.25, -0.2) is 5.01 Å². The number of Topliss-reactive ketones (excluding diaryl/α,β-unsaturated/α-hetero) is 1. The topological polar surface area (TPSA) is 48.4 Å². The monoisotopic (exact) mass is 558 g/mol. The van der Waals surface area contributed by atoms with Gasteiger partial charge in [0.05, 0.1) is 5.69 Å². The lowest BCUT2D eigenvalue weighted by atomic mass is 10.1. The van der Waals surface area contributed by atoms with Crippen molar-refractivity contribution in [3.63, 3.8) is 0 Å². The molecule has 1 heterocycles. The van der Waals surface area contributed by atoms with Gasteiger partial charge in [-0.3, -0.25) is 9.69 Å². The third kappa shape index (κ3) is 5.58. The first-order valence-corrected chi connectivity index (χ1v) is 13.2. The number of rotatable bonds is 8. The van der Waals surface area contributed by atoms with Gasteiger partial charge < -0.3 is 9.64 Å². The van der Waals surface area contributed by atoms with Crippen LogP contribution in [0.2, 0.25) is 10.0 Å². The van der Waals surface area contributed by atoms with Gasteiger partial charge in [-0.15, -0.1) is 5.10 Å². The van der Waals surface area contributed by atoms with Crippen LogP contribution in [0, 0.1) is 0 Å². The Labute approximate surface area is 238 Å². The Morgan fingerprint density at radius 1 is 0.897 bits per heavy atom. The van der Waals surface area contributed by atoms with Crippen LogP contribution >= 0.6 is 23.2 Å². The molecule has 39 heavy (non-hydrogen) atoms. The Balaban J connectivity index is 1.60. The number of ether oxygens (including phenoxy) is 1. The molecule has 5 rings (SSSR count). The molecule has 0 aromatic heterocycles. The zero-order valence-corrected chi connectivity index (χ0v) is 23.4. The van der Waals surface area contributed by atoms with Crippen molar-refractivity contribution in [3.05, 3.63) is 118 Å². The van der Waals surface area contributed by atoms with Crippen LogP contribution in [-0.4, -0.2) is 25.7 Å². The second-order valence-electron chi connectivity index (χ2n) is 9.38. The van der Waals surface area contributed by atoms with Crippen molar-refractivity contribution < 1.29 is 9.53 Å². The van der Waals surface area contributed by atoms with Crippen molar-refractivity contribution >= 4 is 51.9 Å². The molecule has 0 N–H and O–H groups in total. The summed E-state index contributed by atoms with van der Waals surface area (Å²) in [4.78, 5) is 17.0. The van der Waals surface area contributed by atoms with Crippen molar-refractivity contribution in [1.82, 2.24) is 0 Å². The number of halogens is 2. The van der Waals surface area contributed by atoms with E-state index in [1.165, 1.54) is 6.92 Å². The molecule has 8 heteroatoms. The number of hydrogen-bond donors (Lipinski definition) is 0. The average molecular weight is 559 g/mol. The summed E-state index contributed by atoms with van der Waals surface area (Å²) in [6.45, 7) is 1.79. The first-order chi connectivity index (χ1) is 18.8. The smallest absolute Gasteiger partial charge is 0.198 e. The molecule has 1 aliphatic rings. The fourth-order valence-corrected chi connectivity index (χ4v) is 4.98. The van der Waals surface area contributed by atoms with Gasteiger partial charge in [0, 0.05) is 53.6 Å². The molecule has 0 saturated heterocycles. The summed E-state index contributed by atoms with van der Waals surface area (Å²) in [7, 11) is 3.99. The number of para-hydroxylation sites is 2. The Bertz CT molecular complexity index is 1510. The van der Waals surface area contributed by atoms with E-state index in [9.17, 15) is 4.79 Å². The predicted molar refractivity (Wildman–Crippen MR) is 160 cm³/mol. The highest BCUT2D eigenvalue weighted by molar-refractivity contribution is 6.44. The molecule has 1 aliphatic heterocycles. The van der Waals surface area contributed by atoms with E-state index in [4.69, 9.17) is 33.0 Å². The number of nitrogens with zero attached hydrogens (tertiary/aromatic N) is 4. The van der Waals surface area contributed by atoms with Gasteiger partial charge in [-0.05, 0) is 54.6 Å². The molecule has 4 aromatic carbocycles. The summed E-state index contributed by atoms with van der Waals surface area (Å²) >= 11 is 12.5. The predicted octanol–water partition coefficient (Wildman–Crippen LogP) is 7.57. The number of carbonyl (C=O) groups excluding carboxylic acids is 1. The lowest BCUT2D eigenvalue weighted by molar-refractivity contribution is -0.111. The van der Waals surface area contributed by atoms with Crippen LogP contribution in [0.5, 0.6) is 5.75 Å². The highest BCUT2D eigenvalue weighted by Crippen LogP contribution is 2.42. The van der Waals surface area contributed by atoms with E-state index in [2.05, 4.69) is 0 Å². The van der Waals surface area contributed by atoms with Gasteiger partial charge in [0.15, 0.2) is 17.8 Å². The molecule has 0 saturated carbocycles. The van der Waals surface area contributed by atoms with Crippen molar-refractivity contribution in [2.75, 3.05) is 28.9 Å². The number of amidine groups is 1. The molecule has 6 nitrogen and oxygen atoms in total. The maximum Gasteiger partial charge on any atom is 0.198 e. The van der Waals surface area contributed by atoms with Gasteiger partial charge in [0.2, 0.25) is 0 Å². The van der Waals surface area contributed by atoms with Crippen LogP contribution in [0.4, 0.5) is 17.1 Å². The summed E-state index contributed by atoms with van der Waals surface area (Å²) in [6.07, 6.45) is -0.478. The first-order valence-electron chi connectivity index (χ1n) is 12.5. The molecule has 0 fully saturated rings. The lowest BCUT2D eigenvalue weighted by Gasteiger charge is -2.33. The Morgan fingerprint density at radius 3 is 2.26 bits per heavy atom. The fraction of sp³-hybridized carbons (Fsp3) is 0.161. The molecule has 0 spiro atoms. The molecule has 0 bridgehead atoms. The SMILES string of the molecule is CC(=O)C1=NN(c2ccccc2)C(c2ccccc2OCc2ccc(Cl)cc2Cl)N1c1ccc(N(C)C)cc1. The minimum absolute atomic E-state index is 0.138. The number of anilines is 3. The van der Waals surface area contributed by atoms with Crippen molar-refractivity contribution in [2.45, 2.75) is 19.7 Å². The average Bonchev–Trinajstić information content (AvgIpc) is 3.34. The lowest BCUT2D eigenvalue weighted by Crippen LogP contribution is -2.38. The largest absolute Gasteiger partial charge is 0.488 e. The van der Waals surface area contributed by atoms with Crippen LogP contribution in [0.25, 0.3) is 0 Å². The fourth-order valence-electron chi connectivity index (χ4n) is 4.52. The van der Waals surface area contributed by atoms with E-state index in [1.54, 1.807) is 12.1 Å². The molecule has 0 amide bonds. The van der Waals surface area contributed by atoms with Crippen molar-refractivity contribution in [3.8, 4) is 5.75 Å². The second kappa shape index (κ2) is 11.4. The highest BCUT2D eigenvalue weighted by atomic mass is 35.5. The summed E-state index contributed by atoms with van der Waals surface area (Å²) < 4.78 is 6.35. The molecule has 198 valence electrons. The minimum atomic E-state index is -0.478. The normalized spacial score (nSPS) is 14.8. The number of hydrazone groups is 1. The Hall–Kier alpha value is -4.00. The summed E-state index contributed by atoms with van der Waals surface area (Å²) in [5.41, 5.74) is 4.42. The van der Waals surface area contributed by atoms with Crippen LogP contribution in [0.1, 0.15) is 24.2 Å². The van der Waals surface area contributed by atoms with Crippen LogP contribution in [-0.2, 0) is 11.4 Å². The quantitative estimate of drug-likeness (QED) is 0.223. The van der Waals surface area contributed by atoms with Gasteiger partial charge >= 0.3 is 0 Å². The van der Waals surface area contributed by atoms with E-state index in [1.807, 2.05) is 114 Å². The van der Waals surface area contributed by atoms with E-state index in [0.717, 1.165) is 28.2 Å². The first kappa shape index (κ1) is 26.6. The van der Waals surface area contributed by atoms with Crippen LogP contribution in [0.15, 0.2) is 102 Å². The van der Waals surface area contributed by atoms with Crippen molar-refractivity contribution in [2.24, 2.45) is 5.10 Å². The van der Waals surface area contributed by atoms with Gasteiger partial charge in [-0.1, -0.05) is 65.7 Å². The van der Waals surface area contributed by atoms with Crippen LogP contribution < -0.4 is 19.5 Å². The molecule has 1 atom stereocenters. The number of carbonyl (C=O) groups is 1. The van der Waals surface area contributed by atoms with Crippen molar-refractivity contribution in [1.29, 1.82) is 0 Å². The molecule has 0 radical (unpaired) electrons. The number of ketones is 1. The van der Waals surface area contributed by atoms with Gasteiger partial charge in [0.1, 0.15) is 12.4 Å². The van der Waals surface area contributed by atoms with E-state index in [-0.39, 0.29) is 12.4 Å². The third-order valence-corrected chi connectivity index (χ3v) is 7.07. The summed E-state index contributed by atoms with van der Waals surface area (Å²) in [6, 6.07) is 31.0. The second-order valence-corrected chi connectivity index (χ2v) is 10.2. The van der Waals surface area contributed by atoms with Gasteiger partial charge in [-0.2, -0.15) is 0 Å². The van der Waals surface area contributed by atoms with E-state index in [0.29, 0.717) is 21.6 Å². The molecular formula is C31H28Cl2N4O2. The standard InChI is InChI=1S/C31H28Cl2N4O2/c1-21(38)30-34-37(26-9-5-4-6-10-26)31(36(30)25-17-15-24(16-18-25)35(2)3)27-11-7-8-12-29(27)39-20-22-13-14-23(32)19-28(22)33/h4-19,31H,20H2,1-3H3. The summed E-state index contributed by atoms with van der Waals surface area (Å²) in [5.74, 6) is 0.864. The zero-order chi connectivity index (χ0) is 27.5. The van der Waals surface area contributed by atoms with E-state index >= 15 is 0 Å². The highest BCUT2D eigenvalue weighted by Gasteiger charge is 2.40. The molecule has 0 aliphatic carbocycles. The molecular weight excluding hydrogens is 531 g/mol. The maximum atomic E-state index is 13.0. The maximum absolute atomic E-state index is 13.0. The van der Waals surface area contributed by atoms with Gasteiger partial charge in [0.25, 0.3) is 0 Å². The molecule has 4 aromatic rings.